The second-order valence-corrected chi connectivity index (χ2v) is 13.1. The maximum absolute atomic E-state index is 11.1. The Hall–Kier alpha value is -1.99. The molecule has 0 saturated heterocycles. The van der Waals surface area contributed by atoms with Crippen molar-refractivity contribution in [2.45, 2.75) is 170 Å². The summed E-state index contributed by atoms with van der Waals surface area (Å²) in [6.45, 7) is 22.9. The van der Waals surface area contributed by atoms with Crippen LogP contribution >= 0.6 is 0 Å². The minimum atomic E-state index is 0. The van der Waals surface area contributed by atoms with E-state index in [9.17, 15) is 5.53 Å². The predicted molar refractivity (Wildman–Crippen MR) is 206 cm³/mol. The first kappa shape index (κ1) is 45.0. The maximum atomic E-state index is 11.1. The van der Waals surface area contributed by atoms with E-state index in [0.29, 0.717) is 0 Å². The van der Waals surface area contributed by atoms with E-state index in [0.717, 1.165) is 54.6 Å². The van der Waals surface area contributed by atoms with Crippen LogP contribution in [0.15, 0.2) is 48.0 Å². The summed E-state index contributed by atoms with van der Waals surface area (Å²) in [4.78, 5) is 0. The Balaban J connectivity index is 0.000000837. The summed E-state index contributed by atoms with van der Waals surface area (Å²) < 4.78 is 1.39. The third-order valence-corrected chi connectivity index (χ3v) is 8.80. The molecule has 3 heteroatoms. The number of unbranched alkanes of at least 4 members (excludes halogenated alkanes) is 14. The van der Waals surface area contributed by atoms with E-state index in [1.165, 1.54) is 122 Å². The monoisotopic (exact) mass is 684 g/mol. The fraction of sp³-hybridized carbons (Fsp3) is 0.591. The molecular weight excluding hydrogens is 615 g/mol. The average molecular weight is 686 g/mol. The molecule has 2 aromatic rings. The van der Waals surface area contributed by atoms with Gasteiger partial charge in [-0.15, -0.1) is 0 Å². The summed E-state index contributed by atoms with van der Waals surface area (Å²) in [7, 11) is 0. The van der Waals surface area contributed by atoms with Crippen molar-refractivity contribution in [1.29, 1.82) is 0 Å². The van der Waals surface area contributed by atoms with Crippen LogP contribution in [-0.4, -0.2) is 4.70 Å². The van der Waals surface area contributed by atoms with Crippen molar-refractivity contribution in [1.82, 2.24) is 0 Å². The number of aryl methyl sites for hydroxylation is 4. The molecule has 0 aromatic heterocycles. The van der Waals surface area contributed by atoms with Crippen LogP contribution in [0.4, 0.5) is 0 Å². The van der Waals surface area contributed by atoms with E-state index in [-0.39, 0.29) is 16.5 Å². The van der Waals surface area contributed by atoms with Gasteiger partial charge in [0.05, 0.1) is 0 Å². The molecule has 0 amide bonds. The van der Waals surface area contributed by atoms with Crippen LogP contribution < -0.4 is 0 Å². The van der Waals surface area contributed by atoms with E-state index in [1.807, 2.05) is 0 Å². The number of benzene rings is 2. The van der Waals surface area contributed by atoms with Crippen LogP contribution in [0.2, 0.25) is 0 Å². The van der Waals surface area contributed by atoms with E-state index in [2.05, 4.69) is 105 Å². The van der Waals surface area contributed by atoms with E-state index >= 15 is 0 Å². The first-order chi connectivity index (χ1) is 22.3. The quantitative estimate of drug-likeness (QED) is 0.0609. The van der Waals surface area contributed by atoms with Gasteiger partial charge in [-0.05, 0) is 68.5 Å². The van der Waals surface area contributed by atoms with Crippen LogP contribution in [0.3, 0.4) is 0 Å². The van der Waals surface area contributed by atoms with Gasteiger partial charge in [-0.2, -0.15) is 12.8 Å². The Morgan fingerprint density at radius 1 is 0.532 bits per heavy atom. The largest absolute Gasteiger partial charge is 2.00 e. The molecule has 0 radical (unpaired) electrons. The van der Waals surface area contributed by atoms with Crippen molar-refractivity contribution in [2.75, 3.05) is 0 Å². The second-order valence-electron chi connectivity index (χ2n) is 13.1. The van der Waals surface area contributed by atoms with Gasteiger partial charge in [-0.3, -0.25) is 0 Å². The van der Waals surface area contributed by atoms with Crippen LogP contribution in [0, 0.1) is 27.7 Å². The summed E-state index contributed by atoms with van der Waals surface area (Å²) in [5, 5.41) is 0. The molecule has 1 heterocycles. The zero-order valence-corrected chi connectivity index (χ0v) is 32.6. The Labute approximate surface area is 302 Å². The second kappa shape index (κ2) is 27.9. The van der Waals surface area contributed by atoms with Gasteiger partial charge in [0.1, 0.15) is 0 Å². The number of hydrogen-bond donors (Lipinski definition) is 0. The van der Waals surface area contributed by atoms with Gasteiger partial charge in [-0.25, -0.2) is 4.70 Å². The molecule has 0 spiro atoms. The maximum Gasteiger partial charge on any atom is 2.00 e. The van der Waals surface area contributed by atoms with Crippen molar-refractivity contribution in [3.8, 4) is 0 Å². The Kier molecular flexibility index (Phi) is 26.7. The molecule has 0 saturated carbocycles. The molecule has 0 fully saturated rings. The Morgan fingerprint density at radius 2 is 0.936 bits per heavy atom. The molecule has 1 aliphatic heterocycles. The molecule has 1 aliphatic rings. The third kappa shape index (κ3) is 17.8. The topological polar surface area (TPSA) is 25.3 Å². The normalized spacial score (nSPS) is 12.2. The first-order valence-electron chi connectivity index (χ1n) is 19.0. The van der Waals surface area contributed by atoms with Crippen LogP contribution in [-0.2, 0) is 29.3 Å². The number of allylic oxidation sites excluding steroid dienone is 2. The van der Waals surface area contributed by atoms with Gasteiger partial charge < -0.3 is 19.4 Å². The molecule has 3 rings (SSSR count). The molecule has 266 valence electrons. The van der Waals surface area contributed by atoms with Crippen molar-refractivity contribution in [3.05, 3.63) is 101 Å². The summed E-state index contributed by atoms with van der Waals surface area (Å²) in [5.74, 6) is 0. The van der Waals surface area contributed by atoms with Gasteiger partial charge in [0.15, 0.2) is 0 Å². The van der Waals surface area contributed by atoms with Crippen molar-refractivity contribution < 1.29 is 21.2 Å². The molecule has 47 heavy (non-hydrogen) atoms. The molecule has 0 aliphatic carbocycles. The standard InChI is InChI=1S/C24H28N2.2C10H21.Ni/c1-6-18-9-16(4)11-21(13-18)23-15-20(8-3)24(26(23)25)22-12-17(5)10-19(7-2)14-22;2*1-3-5-7-9-10-8-6-4-2;/h9-15H,6-8H2,1-5H3;2*1,3-10H2,2H3;/q;2*-1;+2. The van der Waals surface area contributed by atoms with Crippen LogP contribution in [0.1, 0.15) is 177 Å². The summed E-state index contributed by atoms with van der Waals surface area (Å²) in [6.07, 6.45) is 26.8. The molecule has 2 nitrogen and oxygen atoms in total. The van der Waals surface area contributed by atoms with Crippen molar-refractivity contribution in [3.63, 3.8) is 0 Å². The number of hydrogen-bond acceptors (Lipinski definition) is 0. The van der Waals surface area contributed by atoms with Crippen LogP contribution in [0.25, 0.3) is 16.9 Å². The zero-order valence-electron chi connectivity index (χ0n) is 31.6. The SMILES string of the molecule is CCC1=C(c2cc(C)cc(CC)c2)[N+](=[N-])C(c2cc(C)cc(CC)c2)=C1.[CH2-]CCCCCCCCC.[CH2-]CCCCCCCCC.[Ni+2]. The van der Waals surface area contributed by atoms with Gasteiger partial charge in [0, 0.05) is 22.8 Å². The average Bonchev–Trinajstić information content (AvgIpc) is 3.40. The Morgan fingerprint density at radius 3 is 1.34 bits per heavy atom. The van der Waals surface area contributed by atoms with Gasteiger partial charge in [0.2, 0.25) is 11.4 Å². The van der Waals surface area contributed by atoms with Crippen molar-refractivity contribution >= 4 is 11.4 Å². The Bertz CT molecular complexity index is 1160. The fourth-order valence-electron chi connectivity index (χ4n) is 6.02. The number of nitrogens with zero attached hydrogens (tertiary/aromatic N) is 2. The van der Waals surface area contributed by atoms with Gasteiger partial charge in [0.25, 0.3) is 0 Å². The molecular formula is C44H70N2Ni. The predicted octanol–water partition coefficient (Wildman–Crippen LogP) is 14.6. The van der Waals surface area contributed by atoms with E-state index in [1.54, 1.807) is 0 Å². The van der Waals surface area contributed by atoms with Gasteiger partial charge in [-0.1, -0.05) is 148 Å². The summed E-state index contributed by atoms with van der Waals surface area (Å²) in [5.41, 5.74) is 21.3. The third-order valence-electron chi connectivity index (χ3n) is 8.80. The smallest absolute Gasteiger partial charge is 0.493 e. The minimum Gasteiger partial charge on any atom is -0.493 e. The zero-order chi connectivity index (χ0) is 34.2. The molecule has 0 N–H and O–H groups in total. The first-order valence-corrected chi connectivity index (χ1v) is 19.0. The van der Waals surface area contributed by atoms with Gasteiger partial charge >= 0.3 is 16.5 Å². The fourth-order valence-corrected chi connectivity index (χ4v) is 6.02. The summed E-state index contributed by atoms with van der Waals surface area (Å²) in [6, 6.07) is 13.1. The van der Waals surface area contributed by atoms with Crippen LogP contribution in [0.5, 0.6) is 0 Å². The molecule has 0 atom stereocenters. The molecule has 2 aromatic carbocycles. The minimum absolute atomic E-state index is 0. The van der Waals surface area contributed by atoms with Crippen molar-refractivity contribution in [2.24, 2.45) is 0 Å². The van der Waals surface area contributed by atoms with E-state index in [4.69, 9.17) is 0 Å². The van der Waals surface area contributed by atoms with E-state index < -0.39 is 0 Å². The number of rotatable bonds is 19. The summed E-state index contributed by atoms with van der Waals surface area (Å²) >= 11 is 0. The molecule has 0 bridgehead atoms. The molecule has 0 unspecified atom stereocenters.